The van der Waals surface area contributed by atoms with Crippen LogP contribution in [0, 0.1) is 22.7 Å². The van der Waals surface area contributed by atoms with Gasteiger partial charge in [-0.1, -0.05) is 239 Å². The molecule has 9 rings (SSSR count). The van der Waals surface area contributed by atoms with E-state index in [-0.39, 0.29) is 43.3 Å². The summed E-state index contributed by atoms with van der Waals surface area (Å²) in [6.07, 6.45) is 8.51. The summed E-state index contributed by atoms with van der Waals surface area (Å²) in [5.41, 5.74) is 22.2. The summed E-state index contributed by atoms with van der Waals surface area (Å²) < 4.78 is 0. The summed E-state index contributed by atoms with van der Waals surface area (Å²) in [4.78, 5) is 19.6. The van der Waals surface area contributed by atoms with Crippen LogP contribution < -0.4 is 0 Å². The fourth-order valence-electron chi connectivity index (χ4n) is 11.3. The number of fused-ring (bicyclic) bond motifs is 8. The first-order valence-electron chi connectivity index (χ1n) is 30.2. The SMILES string of the molecule is CC(C)(C)c1cc(-c2c3nc(c(-c4cc(C(C)(C)C)cc(C(C)(C)C)c4)c4[nH]c(cc4C#N)c(-c4cc(C(C)(C)C)cc(C(C)(C)C)c4)c4nc(c(-c5cc(C(C)(C)C)cc(C(C)(C)C)c5)c5[nH]c2cc5C#N)C=C4)C=C3)cc(C(C)(C)C)c1. The first-order chi connectivity index (χ1) is 38.5. The Morgan fingerprint density at radius 1 is 0.274 bits per heavy atom. The number of hydrogen-bond acceptors (Lipinski definition) is 4. The maximum Gasteiger partial charge on any atom is 0.101 e. The number of benzene rings is 4. The van der Waals surface area contributed by atoms with Crippen molar-refractivity contribution in [3.63, 3.8) is 0 Å². The number of aromatic amines is 2. The van der Waals surface area contributed by atoms with E-state index in [1.807, 2.05) is 12.1 Å². The van der Waals surface area contributed by atoms with Crippen LogP contribution in [0.2, 0.25) is 0 Å². The highest BCUT2D eigenvalue weighted by atomic mass is 14.8. The van der Waals surface area contributed by atoms with Crippen LogP contribution in [-0.2, 0) is 43.3 Å². The number of rotatable bonds is 4. The van der Waals surface area contributed by atoms with Crippen molar-refractivity contribution < 1.29 is 0 Å². The molecule has 0 aliphatic carbocycles. The molecular weight excluding hydrogens is 1020 g/mol. The molecule has 2 N–H and O–H groups in total. The van der Waals surface area contributed by atoms with Gasteiger partial charge in [0, 0.05) is 33.3 Å². The first-order valence-corrected chi connectivity index (χ1v) is 30.2. The van der Waals surface area contributed by atoms with Gasteiger partial charge >= 0.3 is 0 Å². The lowest BCUT2D eigenvalue weighted by Crippen LogP contribution is -2.16. The summed E-state index contributed by atoms with van der Waals surface area (Å²) in [7, 11) is 0. The number of H-pyrrole nitrogens is 2. The van der Waals surface area contributed by atoms with Crippen LogP contribution >= 0.6 is 0 Å². The van der Waals surface area contributed by atoms with Crippen molar-refractivity contribution in [2.24, 2.45) is 0 Å². The quantitative estimate of drug-likeness (QED) is 0.183. The van der Waals surface area contributed by atoms with Gasteiger partial charge in [-0.2, -0.15) is 10.5 Å². The molecule has 8 bridgehead atoms. The van der Waals surface area contributed by atoms with E-state index in [2.05, 4.69) is 285 Å². The number of aromatic nitrogens is 4. The van der Waals surface area contributed by atoms with Gasteiger partial charge in [-0.3, -0.25) is 0 Å². The second kappa shape index (κ2) is 20.6. The number of nitriles is 2. The van der Waals surface area contributed by atoms with Gasteiger partial charge in [0.2, 0.25) is 0 Å². The highest BCUT2D eigenvalue weighted by Gasteiger charge is 2.30. The zero-order valence-electron chi connectivity index (χ0n) is 55.2. The van der Waals surface area contributed by atoms with E-state index in [1.54, 1.807) is 0 Å². The highest BCUT2D eigenvalue weighted by molar-refractivity contribution is 6.02. The average molecular weight is 1110 g/mol. The normalized spacial score (nSPS) is 13.6. The largest absolute Gasteiger partial charge is 0.353 e. The Balaban J connectivity index is 1.63. The van der Waals surface area contributed by atoms with E-state index in [4.69, 9.17) is 9.97 Å². The third-order valence-corrected chi connectivity index (χ3v) is 17.0. The molecule has 84 heavy (non-hydrogen) atoms. The molecule has 0 radical (unpaired) electrons. The van der Waals surface area contributed by atoms with E-state index in [1.165, 1.54) is 44.5 Å². The summed E-state index contributed by atoms with van der Waals surface area (Å²) in [6, 6.07) is 37.3. The Kier molecular flexibility index (Phi) is 15.0. The molecule has 434 valence electrons. The molecule has 0 atom stereocenters. The van der Waals surface area contributed by atoms with Crippen LogP contribution in [0.25, 0.3) is 90.9 Å². The fraction of sp³-hybridized carbons (Fsp3) is 0.410. The molecule has 2 aliphatic rings. The molecule has 0 saturated carbocycles. The third kappa shape index (κ3) is 12.1. The molecule has 2 aliphatic heterocycles. The molecule has 3 aromatic heterocycles. The molecular formula is C78H92N6. The molecule has 5 heterocycles. The van der Waals surface area contributed by atoms with E-state index >= 15 is 0 Å². The molecule has 0 unspecified atom stereocenters. The highest BCUT2D eigenvalue weighted by Crippen LogP contribution is 2.46. The van der Waals surface area contributed by atoms with Gasteiger partial charge in [0.05, 0.1) is 44.9 Å². The summed E-state index contributed by atoms with van der Waals surface area (Å²) >= 11 is 0. The Morgan fingerprint density at radius 2 is 0.464 bits per heavy atom. The van der Waals surface area contributed by atoms with Crippen molar-refractivity contribution in [1.29, 1.82) is 10.5 Å². The van der Waals surface area contributed by atoms with Gasteiger partial charge in [0.25, 0.3) is 0 Å². The lowest BCUT2D eigenvalue weighted by molar-refractivity contribution is 0.568. The van der Waals surface area contributed by atoms with Crippen LogP contribution in [0.5, 0.6) is 0 Å². The van der Waals surface area contributed by atoms with E-state index in [0.717, 1.165) is 78.3 Å². The second-order valence-corrected chi connectivity index (χ2v) is 32.3. The molecule has 4 aromatic carbocycles. The summed E-state index contributed by atoms with van der Waals surface area (Å²) in [5.74, 6) is 0. The van der Waals surface area contributed by atoms with Crippen LogP contribution in [0.15, 0.2) is 84.9 Å². The van der Waals surface area contributed by atoms with Gasteiger partial charge < -0.3 is 9.97 Å². The molecule has 7 aromatic rings. The van der Waals surface area contributed by atoms with Crippen LogP contribution in [0.1, 0.15) is 245 Å². The van der Waals surface area contributed by atoms with Crippen LogP contribution in [-0.4, -0.2) is 19.9 Å². The monoisotopic (exact) mass is 1110 g/mol. The van der Waals surface area contributed by atoms with Crippen molar-refractivity contribution in [2.75, 3.05) is 0 Å². The minimum absolute atomic E-state index is 0.190. The zero-order valence-corrected chi connectivity index (χ0v) is 55.2. The van der Waals surface area contributed by atoms with Gasteiger partial charge in [-0.05, 0) is 147 Å². The van der Waals surface area contributed by atoms with Crippen LogP contribution in [0.4, 0.5) is 0 Å². The van der Waals surface area contributed by atoms with Gasteiger partial charge in [-0.15, -0.1) is 0 Å². The topological polar surface area (TPSA) is 105 Å². The maximum atomic E-state index is 11.6. The fourth-order valence-corrected chi connectivity index (χ4v) is 11.3. The Hall–Kier alpha value is -7.54. The van der Waals surface area contributed by atoms with Crippen molar-refractivity contribution in [1.82, 2.24) is 19.9 Å². The van der Waals surface area contributed by atoms with Gasteiger partial charge in [0.15, 0.2) is 0 Å². The third-order valence-electron chi connectivity index (χ3n) is 17.0. The van der Waals surface area contributed by atoms with Crippen LogP contribution in [0.3, 0.4) is 0 Å². The molecule has 6 heteroatoms. The predicted molar refractivity (Wildman–Crippen MR) is 360 cm³/mol. The van der Waals surface area contributed by atoms with Gasteiger partial charge in [-0.25, -0.2) is 9.97 Å². The van der Waals surface area contributed by atoms with Crippen molar-refractivity contribution >= 4 is 46.4 Å². The van der Waals surface area contributed by atoms with E-state index in [0.29, 0.717) is 22.2 Å². The minimum Gasteiger partial charge on any atom is -0.353 e. The molecule has 0 fully saturated rings. The number of nitrogens with one attached hydrogen (secondary N) is 2. The van der Waals surface area contributed by atoms with Crippen molar-refractivity contribution in [2.45, 2.75) is 209 Å². The van der Waals surface area contributed by atoms with E-state index in [9.17, 15) is 10.5 Å². The standard InChI is InChI=1S/C78H92N6/c1-71(2,3)51-29-45(30-52(39-51)72(4,5)6)65-59-25-27-61(81-59)67(47-33-55(75(13,14)15)41-56(34-47)76(16,17)18)70-50(44-80)38-64(84-70)66(46-31-53(73(7,8)9)40-54(32-46)74(10,11)12)60-26-28-62(82-60)68(69-49(43-79)37-63(65)83-69)48-35-57(77(19,20)21)42-58(36-48)78(22,23)24/h25-42,83-84H,1-24H3. The smallest absolute Gasteiger partial charge is 0.101 e. The lowest BCUT2D eigenvalue weighted by Gasteiger charge is -2.26. The maximum absolute atomic E-state index is 11.6. The molecule has 0 saturated heterocycles. The lowest BCUT2D eigenvalue weighted by atomic mass is 9.78. The average Bonchev–Trinajstić information content (AvgIpc) is 2.16. The summed E-state index contributed by atoms with van der Waals surface area (Å²) in [6.45, 7) is 54.4. The van der Waals surface area contributed by atoms with Crippen molar-refractivity contribution in [3.8, 4) is 56.6 Å². The van der Waals surface area contributed by atoms with E-state index < -0.39 is 0 Å². The zero-order chi connectivity index (χ0) is 62.0. The Bertz CT molecular complexity index is 3740. The first kappa shape index (κ1) is 61.0. The molecule has 6 nitrogen and oxygen atoms in total. The van der Waals surface area contributed by atoms with Gasteiger partial charge in [0.1, 0.15) is 12.1 Å². The Morgan fingerprint density at radius 3 is 0.655 bits per heavy atom. The number of nitrogens with zero attached hydrogens (tertiary/aromatic N) is 4. The van der Waals surface area contributed by atoms with Crippen molar-refractivity contribution in [3.05, 3.63) is 163 Å². The predicted octanol–water partition coefficient (Wildman–Crippen LogP) is 21.4. The molecule has 0 spiro atoms. The summed E-state index contributed by atoms with van der Waals surface area (Å²) in [5, 5.41) is 23.3. The Labute approximate surface area is 503 Å². The number of hydrogen-bond donors (Lipinski definition) is 2. The molecule has 0 amide bonds. The minimum atomic E-state index is -0.199. The second-order valence-electron chi connectivity index (χ2n) is 32.3.